The molecule has 0 bridgehead atoms. The molecule has 2 aliphatic rings. The molecule has 4 nitrogen and oxygen atoms in total. The van der Waals surface area contributed by atoms with E-state index in [1.54, 1.807) is 14.2 Å². The maximum atomic E-state index is 13.7. The Balaban J connectivity index is 2.41. The van der Waals surface area contributed by atoms with Gasteiger partial charge in [0.2, 0.25) is 0 Å². The molecule has 0 aromatic carbocycles. The van der Waals surface area contributed by atoms with Gasteiger partial charge >= 0.3 is 9.28 Å². The van der Waals surface area contributed by atoms with Gasteiger partial charge in [0.25, 0.3) is 14.3 Å². The van der Waals surface area contributed by atoms with Crippen molar-refractivity contribution in [1.29, 1.82) is 0 Å². The minimum absolute atomic E-state index is 0.0339. The summed E-state index contributed by atoms with van der Waals surface area (Å²) in [7, 11) is -0.631. The summed E-state index contributed by atoms with van der Waals surface area (Å²) in [5, 5.41) is -0.656. The van der Waals surface area contributed by atoms with Crippen LogP contribution in [0.3, 0.4) is 0 Å². The second-order valence-corrected chi connectivity index (χ2v) is 15.9. The summed E-state index contributed by atoms with van der Waals surface area (Å²) in [4.78, 5) is 13.7. The molecule has 1 radical (unpaired) electrons. The van der Waals surface area contributed by atoms with E-state index in [1.165, 1.54) is 51.4 Å². The van der Waals surface area contributed by atoms with Gasteiger partial charge in [-0.1, -0.05) is 52.9 Å². The molecule has 0 N–H and O–H groups in total. The zero-order valence-corrected chi connectivity index (χ0v) is 20.4. The lowest BCUT2D eigenvalue weighted by Gasteiger charge is -2.46. The highest BCUT2D eigenvalue weighted by atomic mass is 28.4. The Morgan fingerprint density at radius 1 is 1.04 bits per heavy atom. The van der Waals surface area contributed by atoms with Crippen LogP contribution in [0.15, 0.2) is 0 Å². The third-order valence-corrected chi connectivity index (χ3v) is 16.0. The van der Waals surface area contributed by atoms with Crippen LogP contribution in [0.5, 0.6) is 0 Å². The van der Waals surface area contributed by atoms with E-state index in [4.69, 9.17) is 13.3 Å². The Hall–Kier alpha value is -0.176. The average Bonchev–Trinajstić information content (AvgIpc) is 3.40. The number of rotatable bonds is 10. The van der Waals surface area contributed by atoms with Crippen LogP contribution in [0, 0.1) is 0 Å². The van der Waals surface area contributed by atoms with Crippen LogP contribution in [0.4, 0.5) is 0 Å². The summed E-state index contributed by atoms with van der Waals surface area (Å²) >= 11 is 0. The molecule has 2 saturated carbocycles. The van der Waals surface area contributed by atoms with E-state index in [0.29, 0.717) is 23.0 Å². The van der Waals surface area contributed by atoms with Gasteiger partial charge in [-0.25, -0.2) is 0 Å². The van der Waals surface area contributed by atoms with E-state index in [2.05, 4.69) is 20.8 Å². The molecule has 0 aromatic rings. The van der Waals surface area contributed by atoms with Crippen molar-refractivity contribution in [2.24, 2.45) is 0 Å². The highest BCUT2D eigenvalue weighted by Gasteiger charge is 2.59. The van der Waals surface area contributed by atoms with Crippen molar-refractivity contribution in [3.05, 3.63) is 0 Å². The van der Waals surface area contributed by atoms with Gasteiger partial charge in [-0.2, -0.15) is 0 Å². The van der Waals surface area contributed by atoms with E-state index in [1.807, 2.05) is 6.92 Å². The second kappa shape index (κ2) is 10.0. The average molecular weight is 414 g/mol. The minimum atomic E-state index is -2.24. The summed E-state index contributed by atoms with van der Waals surface area (Å²) in [5.41, 5.74) is 1.80. The summed E-state index contributed by atoms with van der Waals surface area (Å²) in [5.74, 6) is -0.0339. The first-order valence-corrected chi connectivity index (χ1v) is 14.5. The van der Waals surface area contributed by atoms with Gasteiger partial charge in [-0.15, -0.1) is 0 Å². The molecule has 2 aliphatic carbocycles. The predicted molar refractivity (Wildman–Crippen MR) is 114 cm³/mol. The fraction of sp³-hybridized carbons (Fsp3) is 0.952. The molecule has 2 rings (SSSR count). The largest absolute Gasteiger partial charge is 0.518 e. The van der Waals surface area contributed by atoms with Crippen LogP contribution in [0.25, 0.3) is 0 Å². The van der Waals surface area contributed by atoms with E-state index < -0.39 is 22.6 Å². The van der Waals surface area contributed by atoms with E-state index >= 15 is 0 Å². The van der Waals surface area contributed by atoms with Crippen LogP contribution < -0.4 is 0 Å². The van der Waals surface area contributed by atoms with Gasteiger partial charge in [0, 0.05) is 14.2 Å². The molecule has 2 atom stereocenters. The minimum Gasteiger partial charge on any atom is -0.518 e. The molecule has 27 heavy (non-hydrogen) atoms. The fourth-order valence-electron chi connectivity index (χ4n) is 5.66. The van der Waals surface area contributed by atoms with Crippen molar-refractivity contribution in [3.8, 4) is 0 Å². The summed E-state index contributed by atoms with van der Waals surface area (Å²) in [6.45, 7) is 8.71. The van der Waals surface area contributed by atoms with Crippen molar-refractivity contribution in [3.63, 3.8) is 0 Å². The molecule has 2 fully saturated rings. The molecule has 0 heterocycles. The van der Waals surface area contributed by atoms with E-state index in [0.717, 1.165) is 6.42 Å². The zero-order chi connectivity index (χ0) is 20.1. The zero-order valence-electron chi connectivity index (χ0n) is 18.4. The van der Waals surface area contributed by atoms with Crippen molar-refractivity contribution >= 4 is 23.6 Å². The molecule has 0 spiro atoms. The van der Waals surface area contributed by atoms with E-state index in [-0.39, 0.29) is 5.97 Å². The molecule has 0 saturated heterocycles. The fourth-order valence-corrected chi connectivity index (χ4v) is 13.9. The van der Waals surface area contributed by atoms with Gasteiger partial charge < -0.3 is 13.3 Å². The lowest BCUT2D eigenvalue weighted by Crippen LogP contribution is -2.54. The quantitative estimate of drug-likeness (QED) is 0.405. The van der Waals surface area contributed by atoms with Gasteiger partial charge in [0.15, 0.2) is 0 Å². The molecular formula is C21H41O4Si2. The molecule has 0 aliphatic heterocycles. The normalized spacial score (nSPS) is 22.9. The SMILES string of the molecule is CCC(C)[Si](OC(=O)C(C)(CC)[Si](OC)OC)(C1CCCC1)C1CCCC1. The van der Waals surface area contributed by atoms with Gasteiger partial charge in [0.1, 0.15) is 5.04 Å². The summed E-state index contributed by atoms with van der Waals surface area (Å²) in [6, 6.07) is 0. The highest BCUT2D eigenvalue weighted by molar-refractivity contribution is 6.79. The second-order valence-electron chi connectivity index (χ2n) is 8.90. The Kier molecular flexibility index (Phi) is 8.59. The van der Waals surface area contributed by atoms with Gasteiger partial charge in [-0.05, 0) is 55.7 Å². The lowest BCUT2D eigenvalue weighted by atomic mass is 10.1. The number of hydrogen-bond donors (Lipinski definition) is 0. The van der Waals surface area contributed by atoms with Gasteiger partial charge in [0.05, 0.1) is 0 Å². The predicted octanol–water partition coefficient (Wildman–Crippen LogP) is 6.11. The smallest absolute Gasteiger partial charge is 0.402 e. The first-order valence-electron chi connectivity index (χ1n) is 11.1. The molecule has 0 amide bonds. The first kappa shape index (κ1) is 23.1. The molecule has 2 unspecified atom stereocenters. The number of hydrogen-bond acceptors (Lipinski definition) is 4. The Bertz CT molecular complexity index is 455. The summed E-state index contributed by atoms with van der Waals surface area (Å²) in [6.07, 6.45) is 12.1. The third kappa shape index (κ3) is 4.38. The van der Waals surface area contributed by atoms with Crippen molar-refractivity contribution in [2.75, 3.05) is 14.2 Å². The number of carbonyl (C=O) groups excluding carboxylic acids is 1. The molecule has 6 heteroatoms. The first-order chi connectivity index (χ1) is 12.9. The van der Waals surface area contributed by atoms with Crippen molar-refractivity contribution in [1.82, 2.24) is 0 Å². The Morgan fingerprint density at radius 2 is 1.48 bits per heavy atom. The van der Waals surface area contributed by atoms with Crippen LogP contribution in [0.1, 0.15) is 91.9 Å². The van der Waals surface area contributed by atoms with Crippen molar-refractivity contribution < 1.29 is 18.1 Å². The van der Waals surface area contributed by atoms with E-state index in [9.17, 15) is 4.79 Å². The summed E-state index contributed by atoms with van der Waals surface area (Å²) < 4.78 is 18.1. The standard InChI is InChI=1S/C21H41O4Si2/c1-7-17(3)27(18-13-9-10-14-18,19-15-11-12-16-19)25-20(22)21(4,8-2)26(23-5)24-6/h17-19H,7-16H2,1-6H3. The monoisotopic (exact) mass is 413 g/mol. The van der Waals surface area contributed by atoms with Crippen LogP contribution in [0.2, 0.25) is 21.7 Å². The third-order valence-electron chi connectivity index (χ3n) is 7.62. The maximum Gasteiger partial charge on any atom is 0.402 e. The van der Waals surface area contributed by atoms with Crippen LogP contribution in [-0.2, 0) is 18.1 Å². The number of carbonyl (C=O) groups is 1. The molecule has 157 valence electrons. The van der Waals surface area contributed by atoms with Crippen LogP contribution >= 0.6 is 0 Å². The topological polar surface area (TPSA) is 44.8 Å². The molecule has 0 aromatic heterocycles. The Labute approximate surface area is 169 Å². The lowest BCUT2D eigenvalue weighted by molar-refractivity contribution is -0.140. The van der Waals surface area contributed by atoms with Gasteiger partial charge in [-0.3, -0.25) is 4.79 Å². The highest BCUT2D eigenvalue weighted by Crippen LogP contribution is 2.57. The van der Waals surface area contributed by atoms with Crippen molar-refractivity contribution in [2.45, 2.75) is 114 Å². The maximum absolute atomic E-state index is 13.7. The van der Waals surface area contributed by atoms with Crippen LogP contribution in [-0.4, -0.2) is 37.8 Å². The Morgan fingerprint density at radius 3 is 1.81 bits per heavy atom. The molecular weight excluding hydrogens is 372 g/mol.